The van der Waals surface area contributed by atoms with Gasteiger partial charge in [0, 0.05) is 18.2 Å². The average Bonchev–Trinajstić information content (AvgIpc) is 2.89. The molecule has 0 bridgehead atoms. The number of rotatable bonds is 3. The molecule has 1 aromatic heterocycles. The number of benzene rings is 1. The number of hydrogen-bond acceptors (Lipinski definition) is 6. The summed E-state index contributed by atoms with van der Waals surface area (Å²) >= 11 is 0. The van der Waals surface area contributed by atoms with Crippen LogP contribution in [-0.2, 0) is 4.74 Å². The standard InChI is InChI=1S/C15H17N3O4/c16-14-10(9-4-2-1-3-5-9)7-18(15(21)17-14)13-6-11(20)12(8-19)22-13/h1-5,7,11-13,19-20H,6,8H2,(H2,16,17,21)/t11-,12+,13-/m1/s1. The van der Waals surface area contributed by atoms with Gasteiger partial charge in [-0.1, -0.05) is 30.3 Å². The minimum atomic E-state index is -0.820. The lowest BCUT2D eigenvalue weighted by Gasteiger charge is -2.16. The summed E-state index contributed by atoms with van der Waals surface area (Å²) in [5.74, 6) is 0.143. The van der Waals surface area contributed by atoms with Gasteiger partial charge in [0.15, 0.2) is 0 Å². The van der Waals surface area contributed by atoms with Crippen molar-refractivity contribution in [1.29, 1.82) is 0 Å². The van der Waals surface area contributed by atoms with Gasteiger partial charge in [-0.25, -0.2) is 4.79 Å². The summed E-state index contributed by atoms with van der Waals surface area (Å²) in [5, 5.41) is 18.9. The first-order valence-electron chi connectivity index (χ1n) is 6.98. The molecule has 0 amide bonds. The second kappa shape index (κ2) is 5.88. The molecule has 2 heterocycles. The van der Waals surface area contributed by atoms with Crippen molar-refractivity contribution in [3.05, 3.63) is 47.0 Å². The number of aliphatic hydroxyl groups excluding tert-OH is 2. The first-order valence-corrected chi connectivity index (χ1v) is 6.98. The molecule has 7 heteroatoms. The van der Waals surface area contributed by atoms with Crippen molar-refractivity contribution in [3.8, 4) is 11.1 Å². The van der Waals surface area contributed by atoms with E-state index < -0.39 is 24.1 Å². The molecule has 0 radical (unpaired) electrons. The maximum atomic E-state index is 12.1. The van der Waals surface area contributed by atoms with Gasteiger partial charge < -0.3 is 20.7 Å². The van der Waals surface area contributed by atoms with Crippen LogP contribution < -0.4 is 11.4 Å². The Hall–Kier alpha value is -2.22. The quantitative estimate of drug-likeness (QED) is 0.743. The molecule has 3 rings (SSSR count). The fourth-order valence-corrected chi connectivity index (χ4v) is 2.58. The van der Waals surface area contributed by atoms with Crippen molar-refractivity contribution in [1.82, 2.24) is 9.55 Å². The van der Waals surface area contributed by atoms with E-state index in [1.807, 2.05) is 30.3 Å². The summed E-state index contributed by atoms with van der Waals surface area (Å²) in [6.45, 7) is -0.305. The van der Waals surface area contributed by atoms with Crippen LogP contribution in [0.2, 0.25) is 0 Å². The molecule has 0 spiro atoms. The van der Waals surface area contributed by atoms with Crippen LogP contribution in [0.3, 0.4) is 0 Å². The predicted octanol–water partition coefficient (Wildman–Crippen LogP) is 0.133. The molecular formula is C15H17N3O4. The van der Waals surface area contributed by atoms with E-state index in [-0.39, 0.29) is 18.8 Å². The Kier molecular flexibility index (Phi) is 3.93. The fraction of sp³-hybridized carbons (Fsp3) is 0.333. The molecular weight excluding hydrogens is 286 g/mol. The second-order valence-corrected chi connectivity index (χ2v) is 5.21. The number of anilines is 1. The lowest BCUT2D eigenvalue weighted by Crippen LogP contribution is -2.28. The van der Waals surface area contributed by atoms with Gasteiger partial charge in [0.25, 0.3) is 0 Å². The number of ether oxygens (including phenoxy) is 1. The molecule has 1 aliphatic heterocycles. The van der Waals surface area contributed by atoms with E-state index in [1.54, 1.807) is 6.20 Å². The summed E-state index contributed by atoms with van der Waals surface area (Å²) in [6, 6.07) is 9.33. The molecule has 22 heavy (non-hydrogen) atoms. The highest BCUT2D eigenvalue weighted by atomic mass is 16.5. The third-order valence-corrected chi connectivity index (χ3v) is 3.76. The maximum Gasteiger partial charge on any atom is 0.351 e. The van der Waals surface area contributed by atoms with Gasteiger partial charge in [-0.05, 0) is 5.56 Å². The number of nitrogens with zero attached hydrogens (tertiary/aromatic N) is 2. The smallest absolute Gasteiger partial charge is 0.351 e. The highest BCUT2D eigenvalue weighted by Gasteiger charge is 2.35. The molecule has 1 aromatic carbocycles. The highest BCUT2D eigenvalue weighted by Crippen LogP contribution is 2.29. The van der Waals surface area contributed by atoms with Crippen molar-refractivity contribution >= 4 is 5.82 Å². The molecule has 1 fully saturated rings. The first kappa shape index (κ1) is 14.7. The van der Waals surface area contributed by atoms with Crippen molar-refractivity contribution in [3.63, 3.8) is 0 Å². The van der Waals surface area contributed by atoms with E-state index in [1.165, 1.54) is 4.57 Å². The minimum Gasteiger partial charge on any atom is -0.394 e. The summed E-state index contributed by atoms with van der Waals surface area (Å²) in [7, 11) is 0. The van der Waals surface area contributed by atoms with E-state index in [9.17, 15) is 9.90 Å². The lowest BCUT2D eigenvalue weighted by atomic mass is 10.1. The topological polar surface area (TPSA) is 111 Å². The Morgan fingerprint density at radius 1 is 1.36 bits per heavy atom. The van der Waals surface area contributed by atoms with Gasteiger partial charge in [-0.2, -0.15) is 4.98 Å². The zero-order valence-electron chi connectivity index (χ0n) is 11.8. The average molecular weight is 303 g/mol. The van der Waals surface area contributed by atoms with Gasteiger partial charge in [-0.3, -0.25) is 4.57 Å². The number of aromatic nitrogens is 2. The van der Waals surface area contributed by atoms with E-state index >= 15 is 0 Å². The van der Waals surface area contributed by atoms with Gasteiger partial charge >= 0.3 is 5.69 Å². The lowest BCUT2D eigenvalue weighted by molar-refractivity contribution is -0.0458. The monoisotopic (exact) mass is 303 g/mol. The minimum absolute atomic E-state index is 0.143. The van der Waals surface area contributed by atoms with Crippen LogP contribution >= 0.6 is 0 Å². The Bertz CT molecular complexity index is 716. The molecule has 7 nitrogen and oxygen atoms in total. The van der Waals surface area contributed by atoms with Gasteiger partial charge in [0.2, 0.25) is 0 Å². The van der Waals surface area contributed by atoms with E-state index in [0.717, 1.165) is 5.56 Å². The third kappa shape index (κ3) is 2.61. The third-order valence-electron chi connectivity index (χ3n) is 3.76. The van der Waals surface area contributed by atoms with Crippen LogP contribution in [0.5, 0.6) is 0 Å². The molecule has 0 unspecified atom stereocenters. The zero-order valence-corrected chi connectivity index (χ0v) is 11.8. The molecule has 0 saturated carbocycles. The fourth-order valence-electron chi connectivity index (χ4n) is 2.58. The molecule has 3 atom stereocenters. The van der Waals surface area contributed by atoms with Crippen molar-refractivity contribution < 1.29 is 14.9 Å². The van der Waals surface area contributed by atoms with Gasteiger partial charge in [-0.15, -0.1) is 0 Å². The second-order valence-electron chi connectivity index (χ2n) is 5.21. The van der Waals surface area contributed by atoms with Crippen LogP contribution in [-0.4, -0.2) is 38.6 Å². The van der Waals surface area contributed by atoms with E-state index in [4.69, 9.17) is 15.6 Å². The van der Waals surface area contributed by atoms with Crippen molar-refractivity contribution in [2.45, 2.75) is 24.9 Å². The van der Waals surface area contributed by atoms with Crippen LogP contribution in [0.1, 0.15) is 12.6 Å². The number of nitrogens with two attached hydrogens (primary N) is 1. The largest absolute Gasteiger partial charge is 0.394 e. The normalized spacial score (nSPS) is 24.5. The molecule has 4 N–H and O–H groups in total. The highest BCUT2D eigenvalue weighted by molar-refractivity contribution is 5.72. The molecule has 116 valence electrons. The van der Waals surface area contributed by atoms with Crippen molar-refractivity contribution in [2.75, 3.05) is 12.3 Å². The van der Waals surface area contributed by atoms with Crippen molar-refractivity contribution in [2.24, 2.45) is 0 Å². The van der Waals surface area contributed by atoms with Crippen LogP contribution in [0.4, 0.5) is 5.82 Å². The SMILES string of the molecule is Nc1nc(=O)n([C@H]2C[C@@H](O)[C@H](CO)O2)cc1-c1ccccc1. The maximum absolute atomic E-state index is 12.1. The Morgan fingerprint density at radius 3 is 2.73 bits per heavy atom. The summed E-state index contributed by atoms with van der Waals surface area (Å²) in [4.78, 5) is 15.9. The molecule has 2 aromatic rings. The number of nitrogen functional groups attached to an aromatic ring is 1. The number of aliphatic hydroxyl groups is 2. The Labute approximate surface area is 126 Å². The van der Waals surface area contributed by atoms with Crippen LogP contribution in [0.25, 0.3) is 11.1 Å². The molecule has 1 saturated heterocycles. The zero-order chi connectivity index (χ0) is 15.7. The number of hydrogen-bond donors (Lipinski definition) is 3. The van der Waals surface area contributed by atoms with Crippen LogP contribution in [0, 0.1) is 0 Å². The van der Waals surface area contributed by atoms with E-state index in [2.05, 4.69) is 4.98 Å². The first-order chi connectivity index (χ1) is 10.6. The Balaban J connectivity index is 2.01. The summed E-state index contributed by atoms with van der Waals surface area (Å²) in [5.41, 5.74) is 6.75. The van der Waals surface area contributed by atoms with Gasteiger partial charge in [0.1, 0.15) is 18.1 Å². The van der Waals surface area contributed by atoms with Gasteiger partial charge in [0.05, 0.1) is 12.7 Å². The summed E-state index contributed by atoms with van der Waals surface area (Å²) < 4.78 is 6.81. The molecule has 0 aliphatic carbocycles. The van der Waals surface area contributed by atoms with E-state index in [0.29, 0.717) is 5.56 Å². The van der Waals surface area contributed by atoms with Crippen LogP contribution in [0.15, 0.2) is 41.3 Å². The predicted molar refractivity (Wildman–Crippen MR) is 80.0 cm³/mol. The summed E-state index contributed by atoms with van der Waals surface area (Å²) in [6.07, 6.45) is -0.397. The molecule has 1 aliphatic rings. The Morgan fingerprint density at radius 2 is 2.09 bits per heavy atom.